The van der Waals surface area contributed by atoms with Crippen molar-refractivity contribution in [3.63, 3.8) is 0 Å². The van der Waals surface area contributed by atoms with Crippen LogP contribution < -0.4 is 5.32 Å². The van der Waals surface area contributed by atoms with Gasteiger partial charge in [0.15, 0.2) is 0 Å². The van der Waals surface area contributed by atoms with E-state index in [1.165, 1.54) is 0 Å². The summed E-state index contributed by atoms with van der Waals surface area (Å²) in [5, 5.41) is 2.79. The molecule has 1 aromatic carbocycles. The van der Waals surface area contributed by atoms with Gasteiger partial charge in [-0.25, -0.2) is 4.79 Å². The lowest BCUT2D eigenvalue weighted by Gasteiger charge is -2.34. The largest absolute Gasteiger partial charge is 0.465 e. The summed E-state index contributed by atoms with van der Waals surface area (Å²) in [5.41, 5.74) is 0.557. The van der Waals surface area contributed by atoms with E-state index in [2.05, 4.69) is 11.2 Å². The van der Waals surface area contributed by atoms with Crippen LogP contribution in [0.1, 0.15) is 71.3 Å². The molecule has 1 aromatic rings. The molecule has 0 aliphatic carbocycles. The molecule has 2 atom stereocenters. The third-order valence-electron chi connectivity index (χ3n) is 7.56. The van der Waals surface area contributed by atoms with Crippen molar-refractivity contribution in [1.29, 1.82) is 0 Å². The zero-order valence-corrected chi connectivity index (χ0v) is 24.7. The number of likely N-dealkylation sites (tertiary alicyclic amines) is 2. The maximum absolute atomic E-state index is 13.0. The summed E-state index contributed by atoms with van der Waals surface area (Å²) in [6.07, 6.45) is 10.1. The van der Waals surface area contributed by atoms with Crippen molar-refractivity contribution in [2.24, 2.45) is 11.8 Å². The fraction of sp³-hybridized carbons (Fsp3) is 0.625. The van der Waals surface area contributed by atoms with E-state index in [1.54, 1.807) is 9.80 Å². The molecule has 9 heteroatoms. The molecule has 224 valence electrons. The minimum Gasteiger partial charge on any atom is -0.465 e. The third kappa shape index (κ3) is 11.1. The fourth-order valence-electron chi connectivity index (χ4n) is 5.23. The van der Waals surface area contributed by atoms with Crippen molar-refractivity contribution in [1.82, 2.24) is 15.1 Å². The number of carbonyl (C=O) groups is 4. The molecule has 1 N–H and O–H groups in total. The highest BCUT2D eigenvalue weighted by Crippen LogP contribution is 2.25. The number of amides is 3. The van der Waals surface area contributed by atoms with Crippen molar-refractivity contribution in [3.05, 3.63) is 35.9 Å². The van der Waals surface area contributed by atoms with Gasteiger partial charge in [-0.05, 0) is 64.4 Å². The van der Waals surface area contributed by atoms with Gasteiger partial charge in [-0.3, -0.25) is 14.4 Å². The second kappa shape index (κ2) is 15.5. The van der Waals surface area contributed by atoms with Crippen LogP contribution >= 0.6 is 0 Å². The van der Waals surface area contributed by atoms with E-state index in [9.17, 15) is 19.2 Å². The number of terminal acetylenes is 1. The Morgan fingerprint density at radius 2 is 1.76 bits per heavy atom. The molecule has 1 unspecified atom stereocenters. The van der Waals surface area contributed by atoms with Gasteiger partial charge in [0.1, 0.15) is 11.6 Å². The molecule has 2 saturated heterocycles. The average Bonchev–Trinajstić information content (AvgIpc) is 2.95. The Hall–Kier alpha value is -3.54. The van der Waals surface area contributed by atoms with Crippen LogP contribution in [0.2, 0.25) is 0 Å². The van der Waals surface area contributed by atoms with Crippen LogP contribution in [0, 0.1) is 24.2 Å². The first-order chi connectivity index (χ1) is 19.5. The van der Waals surface area contributed by atoms with Gasteiger partial charge < -0.3 is 24.6 Å². The number of hydrogen-bond acceptors (Lipinski definition) is 6. The quantitative estimate of drug-likeness (QED) is 0.339. The third-order valence-corrected chi connectivity index (χ3v) is 7.56. The number of hydrogen-bond donors (Lipinski definition) is 1. The van der Waals surface area contributed by atoms with Crippen molar-refractivity contribution in [3.8, 4) is 12.3 Å². The van der Waals surface area contributed by atoms with E-state index in [-0.39, 0.29) is 36.9 Å². The molecule has 3 amide bonds. The van der Waals surface area contributed by atoms with Crippen LogP contribution in [0.15, 0.2) is 30.3 Å². The predicted octanol–water partition coefficient (Wildman–Crippen LogP) is 3.95. The van der Waals surface area contributed by atoms with Crippen LogP contribution in [-0.2, 0) is 30.3 Å². The van der Waals surface area contributed by atoms with Crippen LogP contribution in [-0.4, -0.2) is 78.1 Å². The average molecular weight is 568 g/mol. The van der Waals surface area contributed by atoms with Crippen LogP contribution in [0.25, 0.3) is 0 Å². The molecule has 2 aliphatic heterocycles. The maximum Gasteiger partial charge on any atom is 0.410 e. The summed E-state index contributed by atoms with van der Waals surface area (Å²) in [6, 6.07) is 8.96. The second-order valence-electron chi connectivity index (χ2n) is 12.0. The molecule has 2 aliphatic rings. The van der Waals surface area contributed by atoms with E-state index in [0.29, 0.717) is 51.4 Å². The zero-order chi connectivity index (χ0) is 29.8. The first-order valence-electron chi connectivity index (χ1n) is 14.8. The molecule has 9 nitrogen and oxygen atoms in total. The van der Waals surface area contributed by atoms with Gasteiger partial charge in [-0.15, -0.1) is 6.42 Å². The number of piperidine rings is 2. The van der Waals surface area contributed by atoms with Gasteiger partial charge in [0, 0.05) is 39.0 Å². The Bertz CT molecular complexity index is 1070. The van der Waals surface area contributed by atoms with Crippen molar-refractivity contribution in [2.45, 2.75) is 83.8 Å². The molecule has 0 radical (unpaired) electrons. The van der Waals surface area contributed by atoms with Gasteiger partial charge >= 0.3 is 12.1 Å². The first-order valence-corrected chi connectivity index (χ1v) is 14.8. The monoisotopic (exact) mass is 567 g/mol. The number of esters is 1. The van der Waals surface area contributed by atoms with Gasteiger partial charge in [-0.2, -0.15) is 0 Å². The van der Waals surface area contributed by atoms with Crippen LogP contribution in [0.3, 0.4) is 0 Å². The lowest BCUT2D eigenvalue weighted by molar-refractivity contribution is -0.143. The molecule has 0 bridgehead atoms. The summed E-state index contributed by atoms with van der Waals surface area (Å²) in [7, 11) is 0. The SMILES string of the molecule is C#CC(CC(=O)OCCc1ccccc1)NC(=O)[C@@H]1CCCN(C(=O)CCC2CCN(C(=O)OC(C)(C)C)CC2)C1. The zero-order valence-electron chi connectivity index (χ0n) is 24.7. The highest BCUT2D eigenvalue weighted by Gasteiger charge is 2.31. The van der Waals surface area contributed by atoms with E-state index in [1.807, 2.05) is 51.1 Å². The standard InChI is InChI=1S/C32H45N3O6/c1-5-27(22-29(37)40-21-17-24-10-7-6-8-11-24)33-30(38)26-12-9-18-35(23-26)28(36)14-13-25-15-19-34(20-16-25)31(39)41-32(2,3)4/h1,6-8,10-11,25-27H,9,12-23H2,2-4H3,(H,33,38)/t26-,27?/m1/s1. The molecule has 0 saturated carbocycles. The van der Waals surface area contributed by atoms with Gasteiger partial charge in [0.05, 0.1) is 18.9 Å². The lowest BCUT2D eigenvalue weighted by atomic mass is 9.91. The van der Waals surface area contributed by atoms with Crippen molar-refractivity contribution >= 4 is 23.9 Å². The molecule has 3 rings (SSSR count). The second-order valence-corrected chi connectivity index (χ2v) is 12.0. The van der Waals surface area contributed by atoms with E-state index in [0.717, 1.165) is 31.2 Å². The highest BCUT2D eigenvalue weighted by atomic mass is 16.6. The molecule has 2 heterocycles. The Morgan fingerprint density at radius 1 is 1.05 bits per heavy atom. The molecule has 0 spiro atoms. The lowest BCUT2D eigenvalue weighted by Crippen LogP contribution is -2.48. The number of ether oxygens (including phenoxy) is 2. The first kappa shape index (κ1) is 32.0. The number of nitrogens with one attached hydrogen (secondary N) is 1. The van der Waals surface area contributed by atoms with Crippen molar-refractivity contribution in [2.75, 3.05) is 32.8 Å². The van der Waals surface area contributed by atoms with Crippen LogP contribution in [0.4, 0.5) is 4.79 Å². The number of benzene rings is 1. The number of rotatable bonds is 10. The highest BCUT2D eigenvalue weighted by molar-refractivity contribution is 5.82. The fourth-order valence-corrected chi connectivity index (χ4v) is 5.23. The molecule has 41 heavy (non-hydrogen) atoms. The molecule has 2 fully saturated rings. The van der Waals surface area contributed by atoms with E-state index in [4.69, 9.17) is 15.9 Å². The Kier molecular flexibility index (Phi) is 12.1. The number of carbonyl (C=O) groups excluding carboxylic acids is 4. The Labute approximate surface area is 244 Å². The summed E-state index contributed by atoms with van der Waals surface area (Å²) in [5.74, 6) is 1.84. The van der Waals surface area contributed by atoms with E-state index < -0.39 is 17.6 Å². The molecule has 0 aromatic heterocycles. The Morgan fingerprint density at radius 3 is 2.41 bits per heavy atom. The van der Waals surface area contributed by atoms with Crippen molar-refractivity contribution < 1.29 is 28.7 Å². The van der Waals surface area contributed by atoms with Gasteiger partial charge in [0.25, 0.3) is 0 Å². The molecular weight excluding hydrogens is 522 g/mol. The van der Waals surface area contributed by atoms with E-state index >= 15 is 0 Å². The van der Waals surface area contributed by atoms with Crippen LogP contribution in [0.5, 0.6) is 0 Å². The predicted molar refractivity (Wildman–Crippen MR) is 156 cm³/mol. The Balaban J connectivity index is 1.36. The minimum absolute atomic E-state index is 0.0487. The normalized spacial score (nSPS) is 18.6. The van der Waals surface area contributed by atoms with Gasteiger partial charge in [-0.1, -0.05) is 36.3 Å². The summed E-state index contributed by atoms with van der Waals surface area (Å²) >= 11 is 0. The summed E-state index contributed by atoms with van der Waals surface area (Å²) < 4.78 is 10.8. The maximum atomic E-state index is 13.0. The van der Waals surface area contributed by atoms with Gasteiger partial charge in [0.2, 0.25) is 11.8 Å². The smallest absolute Gasteiger partial charge is 0.410 e. The minimum atomic E-state index is -0.760. The summed E-state index contributed by atoms with van der Waals surface area (Å²) in [4.78, 5) is 54.0. The number of nitrogens with zero attached hydrogens (tertiary/aromatic N) is 2. The summed E-state index contributed by atoms with van der Waals surface area (Å²) in [6.45, 7) is 8.07. The molecular formula is C32H45N3O6. The topological polar surface area (TPSA) is 105 Å².